The van der Waals surface area contributed by atoms with Crippen molar-refractivity contribution >= 4 is 29.9 Å². The minimum atomic E-state index is 0. The molecule has 1 aromatic carbocycles. The third-order valence-corrected chi connectivity index (χ3v) is 4.00. The van der Waals surface area contributed by atoms with E-state index in [1.807, 2.05) is 37.8 Å². The molecular formula is C18H28ClN3O2. The molecule has 0 spiro atoms. The minimum Gasteiger partial charge on any atom is -0.336 e. The maximum Gasteiger partial charge on any atom is 0.253 e. The zero-order valence-corrected chi connectivity index (χ0v) is 15.7. The average molecular weight is 354 g/mol. The quantitative estimate of drug-likeness (QED) is 0.875. The predicted molar refractivity (Wildman–Crippen MR) is 99.9 cm³/mol. The largest absolute Gasteiger partial charge is 0.336 e. The van der Waals surface area contributed by atoms with E-state index in [1.165, 1.54) is 0 Å². The maximum atomic E-state index is 12.6. The summed E-state index contributed by atoms with van der Waals surface area (Å²) >= 11 is 0. The Morgan fingerprint density at radius 3 is 2.67 bits per heavy atom. The second kappa shape index (κ2) is 9.04. The molecule has 1 aromatic rings. The third kappa shape index (κ3) is 5.49. The van der Waals surface area contributed by atoms with Gasteiger partial charge in [-0.3, -0.25) is 9.59 Å². The van der Waals surface area contributed by atoms with E-state index < -0.39 is 0 Å². The number of halogens is 1. The first kappa shape index (κ1) is 20.5. The fourth-order valence-corrected chi connectivity index (χ4v) is 2.81. The van der Waals surface area contributed by atoms with Gasteiger partial charge >= 0.3 is 0 Å². The molecule has 0 radical (unpaired) electrons. The molecule has 1 atom stereocenters. The highest BCUT2D eigenvalue weighted by Gasteiger charge is 2.22. The molecule has 0 saturated carbocycles. The summed E-state index contributed by atoms with van der Waals surface area (Å²) in [6.45, 7) is 10.3. The van der Waals surface area contributed by atoms with E-state index in [9.17, 15) is 9.59 Å². The summed E-state index contributed by atoms with van der Waals surface area (Å²) in [4.78, 5) is 26.4. The first-order valence-corrected chi connectivity index (χ1v) is 8.30. The summed E-state index contributed by atoms with van der Waals surface area (Å²) in [5.74, 6) is 0.394. The summed E-state index contributed by atoms with van der Waals surface area (Å²) in [7, 11) is 0. The van der Waals surface area contributed by atoms with Crippen LogP contribution >= 0.6 is 12.4 Å². The highest BCUT2D eigenvalue weighted by atomic mass is 35.5. The van der Waals surface area contributed by atoms with Gasteiger partial charge in [-0.05, 0) is 43.5 Å². The van der Waals surface area contributed by atoms with Gasteiger partial charge < -0.3 is 15.5 Å². The van der Waals surface area contributed by atoms with Crippen molar-refractivity contribution in [2.75, 3.05) is 25.0 Å². The lowest BCUT2D eigenvalue weighted by molar-refractivity contribution is -0.116. The first-order valence-electron chi connectivity index (χ1n) is 8.30. The molecule has 0 aliphatic carbocycles. The number of nitrogens with zero attached hydrogens (tertiary/aromatic N) is 1. The summed E-state index contributed by atoms with van der Waals surface area (Å²) in [5.41, 5.74) is 2.37. The van der Waals surface area contributed by atoms with Crippen molar-refractivity contribution in [3.8, 4) is 0 Å². The van der Waals surface area contributed by atoms with E-state index in [1.54, 1.807) is 6.07 Å². The van der Waals surface area contributed by atoms with Gasteiger partial charge in [-0.2, -0.15) is 0 Å². The van der Waals surface area contributed by atoms with Crippen molar-refractivity contribution < 1.29 is 9.59 Å². The smallest absolute Gasteiger partial charge is 0.253 e. The lowest BCUT2D eigenvalue weighted by Crippen LogP contribution is -2.51. The van der Waals surface area contributed by atoms with Gasteiger partial charge in [0, 0.05) is 43.3 Å². The summed E-state index contributed by atoms with van der Waals surface area (Å²) < 4.78 is 0. The van der Waals surface area contributed by atoms with E-state index in [0.717, 1.165) is 30.9 Å². The molecule has 2 N–H and O–H groups in total. The van der Waals surface area contributed by atoms with Crippen molar-refractivity contribution in [2.45, 2.75) is 40.2 Å². The number of carbonyl (C=O) groups excluding carboxylic acids is 2. The molecule has 2 rings (SSSR count). The molecule has 1 unspecified atom stereocenters. The lowest BCUT2D eigenvalue weighted by Gasteiger charge is -2.32. The molecular weight excluding hydrogens is 326 g/mol. The third-order valence-electron chi connectivity index (χ3n) is 4.00. The number of rotatable bonds is 4. The second-order valence-corrected chi connectivity index (χ2v) is 6.78. The molecule has 1 aliphatic heterocycles. The number of carbonyl (C=O) groups is 2. The Labute approximate surface area is 150 Å². The number of hydrogen-bond acceptors (Lipinski definition) is 3. The van der Waals surface area contributed by atoms with E-state index >= 15 is 0 Å². The van der Waals surface area contributed by atoms with E-state index in [0.29, 0.717) is 23.9 Å². The molecule has 1 heterocycles. The molecule has 1 aliphatic rings. The lowest BCUT2D eigenvalue weighted by atomic mass is 10.1. The van der Waals surface area contributed by atoms with Gasteiger partial charge in [0.1, 0.15) is 0 Å². The topological polar surface area (TPSA) is 61.4 Å². The van der Waals surface area contributed by atoms with Gasteiger partial charge in [-0.15, -0.1) is 12.4 Å². The zero-order valence-electron chi connectivity index (χ0n) is 14.9. The molecule has 0 bridgehead atoms. The van der Waals surface area contributed by atoms with Crippen molar-refractivity contribution in [1.29, 1.82) is 0 Å². The van der Waals surface area contributed by atoms with Crippen LogP contribution in [0.1, 0.15) is 43.1 Å². The van der Waals surface area contributed by atoms with Crippen LogP contribution in [0.25, 0.3) is 0 Å². The van der Waals surface area contributed by atoms with Gasteiger partial charge in [0.2, 0.25) is 5.91 Å². The van der Waals surface area contributed by atoms with E-state index in [4.69, 9.17) is 0 Å². The molecule has 1 fully saturated rings. The van der Waals surface area contributed by atoms with Crippen LogP contribution < -0.4 is 10.6 Å². The highest BCUT2D eigenvalue weighted by Crippen LogP contribution is 2.19. The molecule has 2 amide bonds. The molecule has 6 heteroatoms. The van der Waals surface area contributed by atoms with Crippen LogP contribution in [0.5, 0.6) is 0 Å². The monoisotopic (exact) mass is 353 g/mol. The van der Waals surface area contributed by atoms with E-state index in [2.05, 4.69) is 17.6 Å². The van der Waals surface area contributed by atoms with Gasteiger partial charge in [-0.25, -0.2) is 0 Å². The average Bonchev–Trinajstić information content (AvgIpc) is 2.47. The molecule has 5 nitrogen and oxygen atoms in total. The van der Waals surface area contributed by atoms with Crippen LogP contribution in [0.15, 0.2) is 18.2 Å². The summed E-state index contributed by atoms with van der Waals surface area (Å²) in [5, 5.41) is 6.25. The van der Waals surface area contributed by atoms with Crippen LogP contribution in [0.4, 0.5) is 5.69 Å². The second-order valence-electron chi connectivity index (χ2n) is 6.78. The number of amides is 2. The number of nitrogens with one attached hydrogen (secondary N) is 2. The van der Waals surface area contributed by atoms with Gasteiger partial charge in [0.15, 0.2) is 0 Å². The van der Waals surface area contributed by atoms with Crippen LogP contribution in [-0.2, 0) is 4.79 Å². The van der Waals surface area contributed by atoms with Crippen molar-refractivity contribution in [2.24, 2.45) is 5.92 Å². The fourth-order valence-electron chi connectivity index (χ4n) is 2.81. The number of piperazine rings is 1. The first-order chi connectivity index (χ1) is 10.9. The number of benzene rings is 1. The highest BCUT2D eigenvalue weighted by molar-refractivity contribution is 5.96. The Balaban J connectivity index is 0.00000288. The molecule has 0 aromatic heterocycles. The normalized spacial score (nSPS) is 17.4. The Kier molecular flexibility index (Phi) is 7.70. The van der Waals surface area contributed by atoms with Crippen LogP contribution in [-0.4, -0.2) is 42.4 Å². The van der Waals surface area contributed by atoms with Crippen molar-refractivity contribution in [3.05, 3.63) is 29.3 Å². The Morgan fingerprint density at radius 2 is 2.08 bits per heavy atom. The number of anilines is 1. The summed E-state index contributed by atoms with van der Waals surface area (Å²) in [6.07, 6.45) is 0.499. The zero-order chi connectivity index (χ0) is 17.0. The van der Waals surface area contributed by atoms with Gasteiger partial charge in [0.05, 0.1) is 0 Å². The maximum absolute atomic E-state index is 12.6. The summed E-state index contributed by atoms with van der Waals surface area (Å²) in [6, 6.07) is 5.81. The van der Waals surface area contributed by atoms with Crippen LogP contribution in [0, 0.1) is 12.8 Å². The SMILES string of the molecule is Cc1cc(C(=O)N2CCNC(C)C2)ccc1NC(=O)CC(C)C.Cl. The Bertz CT molecular complexity index is 590. The van der Waals surface area contributed by atoms with E-state index in [-0.39, 0.29) is 24.2 Å². The fraction of sp³-hybridized carbons (Fsp3) is 0.556. The predicted octanol–water partition coefficient (Wildman–Crippen LogP) is 2.84. The van der Waals surface area contributed by atoms with Crippen LogP contribution in [0.2, 0.25) is 0 Å². The van der Waals surface area contributed by atoms with Crippen molar-refractivity contribution in [1.82, 2.24) is 10.2 Å². The number of hydrogen-bond donors (Lipinski definition) is 2. The Hall–Kier alpha value is -1.59. The van der Waals surface area contributed by atoms with Crippen LogP contribution in [0.3, 0.4) is 0 Å². The molecule has 1 saturated heterocycles. The molecule has 24 heavy (non-hydrogen) atoms. The standard InChI is InChI=1S/C18H27N3O2.ClH/c1-12(2)9-17(22)20-16-6-5-15(10-13(16)3)18(23)21-8-7-19-14(4)11-21;/h5-6,10,12,14,19H,7-9,11H2,1-4H3,(H,20,22);1H. The molecule has 134 valence electrons. The minimum absolute atomic E-state index is 0. The van der Waals surface area contributed by atoms with Gasteiger partial charge in [-0.1, -0.05) is 13.8 Å². The van der Waals surface area contributed by atoms with Crippen molar-refractivity contribution in [3.63, 3.8) is 0 Å². The number of aryl methyl sites for hydroxylation is 1. The Morgan fingerprint density at radius 1 is 1.38 bits per heavy atom. The van der Waals surface area contributed by atoms with Gasteiger partial charge in [0.25, 0.3) is 5.91 Å².